The van der Waals surface area contributed by atoms with Gasteiger partial charge in [-0.15, -0.1) is 11.3 Å². The van der Waals surface area contributed by atoms with Crippen LogP contribution in [0.2, 0.25) is 5.02 Å². The molecule has 0 unspecified atom stereocenters. The van der Waals surface area contributed by atoms with Gasteiger partial charge in [0.2, 0.25) is 0 Å². The first kappa shape index (κ1) is 21.5. The van der Waals surface area contributed by atoms with Crippen LogP contribution < -0.4 is 5.32 Å². The predicted octanol–water partition coefficient (Wildman–Crippen LogP) is 5.04. The van der Waals surface area contributed by atoms with Crippen molar-refractivity contribution in [2.45, 2.75) is 6.92 Å². The first-order valence-electron chi connectivity index (χ1n) is 9.06. The van der Waals surface area contributed by atoms with Crippen molar-refractivity contribution in [1.82, 2.24) is 0 Å². The molecule has 3 aromatic rings. The molecule has 0 bridgehead atoms. The normalized spacial score (nSPS) is 10.3. The second-order valence-corrected chi connectivity index (χ2v) is 7.39. The topological polar surface area (TPSA) is 81.7 Å². The lowest BCUT2D eigenvalue weighted by Gasteiger charge is -2.09. The molecular weight excluding hydrogens is 426 g/mol. The Labute approximate surface area is 182 Å². The monoisotopic (exact) mass is 443 g/mol. The average Bonchev–Trinajstić information content (AvgIpc) is 3.16. The molecule has 0 aliphatic heterocycles. The van der Waals surface area contributed by atoms with Crippen LogP contribution in [0.1, 0.15) is 27.6 Å². The molecule has 0 aliphatic rings. The third kappa shape index (κ3) is 5.25. The molecule has 154 valence electrons. The predicted molar refractivity (Wildman–Crippen MR) is 116 cm³/mol. The van der Waals surface area contributed by atoms with Gasteiger partial charge in [0.15, 0.2) is 6.61 Å². The zero-order valence-corrected chi connectivity index (χ0v) is 17.6. The van der Waals surface area contributed by atoms with Crippen molar-refractivity contribution in [2.24, 2.45) is 0 Å². The molecule has 2 aromatic carbocycles. The van der Waals surface area contributed by atoms with Crippen molar-refractivity contribution < 1.29 is 23.9 Å². The van der Waals surface area contributed by atoms with Crippen LogP contribution in [0.3, 0.4) is 0 Å². The first-order chi connectivity index (χ1) is 14.5. The summed E-state index contributed by atoms with van der Waals surface area (Å²) in [6, 6.07) is 15.5. The molecule has 6 nitrogen and oxygen atoms in total. The second kappa shape index (κ2) is 10.0. The summed E-state index contributed by atoms with van der Waals surface area (Å²) in [4.78, 5) is 36.9. The van der Waals surface area contributed by atoms with E-state index in [9.17, 15) is 14.4 Å². The van der Waals surface area contributed by atoms with Crippen molar-refractivity contribution in [3.63, 3.8) is 0 Å². The van der Waals surface area contributed by atoms with Crippen LogP contribution in [0, 0.1) is 0 Å². The molecule has 0 saturated heterocycles. The Bertz CT molecular complexity index is 1060. The van der Waals surface area contributed by atoms with Gasteiger partial charge in [0.05, 0.1) is 12.2 Å². The van der Waals surface area contributed by atoms with Gasteiger partial charge in [0.1, 0.15) is 10.6 Å². The molecule has 1 amide bonds. The van der Waals surface area contributed by atoms with Gasteiger partial charge in [-0.25, -0.2) is 9.59 Å². The van der Waals surface area contributed by atoms with Gasteiger partial charge in [-0.1, -0.05) is 48.0 Å². The van der Waals surface area contributed by atoms with E-state index in [2.05, 4.69) is 5.32 Å². The molecule has 0 aliphatic carbocycles. The number of esters is 2. The van der Waals surface area contributed by atoms with Crippen LogP contribution in [0.25, 0.3) is 11.1 Å². The summed E-state index contributed by atoms with van der Waals surface area (Å²) >= 11 is 7.05. The summed E-state index contributed by atoms with van der Waals surface area (Å²) in [6.45, 7) is 1.40. The number of hydrogen-bond donors (Lipinski definition) is 1. The lowest BCUT2D eigenvalue weighted by molar-refractivity contribution is -0.119. The number of carbonyl (C=O) groups is 3. The van der Waals surface area contributed by atoms with Gasteiger partial charge in [0.25, 0.3) is 5.91 Å². The van der Waals surface area contributed by atoms with Crippen molar-refractivity contribution in [1.29, 1.82) is 0 Å². The lowest BCUT2D eigenvalue weighted by Crippen LogP contribution is -2.21. The molecule has 0 atom stereocenters. The maximum atomic E-state index is 12.5. The van der Waals surface area contributed by atoms with E-state index in [4.69, 9.17) is 21.1 Å². The number of amides is 1. The smallest absolute Gasteiger partial charge is 0.341 e. The van der Waals surface area contributed by atoms with Crippen molar-refractivity contribution in [3.05, 3.63) is 76.1 Å². The number of thiophene rings is 1. The third-order valence-corrected chi connectivity index (χ3v) is 5.13. The average molecular weight is 444 g/mol. The minimum Gasteiger partial charge on any atom is -0.462 e. The molecule has 0 saturated carbocycles. The Balaban J connectivity index is 1.74. The highest BCUT2D eigenvalue weighted by molar-refractivity contribution is 7.15. The van der Waals surface area contributed by atoms with Gasteiger partial charge in [0, 0.05) is 16.0 Å². The fourth-order valence-corrected chi connectivity index (χ4v) is 3.84. The minimum atomic E-state index is -0.672. The summed E-state index contributed by atoms with van der Waals surface area (Å²) in [5.74, 6) is -1.78. The van der Waals surface area contributed by atoms with E-state index in [1.165, 1.54) is 23.5 Å². The number of rotatable bonds is 7. The van der Waals surface area contributed by atoms with Crippen LogP contribution in [0.4, 0.5) is 5.00 Å². The first-order valence-corrected chi connectivity index (χ1v) is 10.3. The number of nitrogens with one attached hydrogen (secondary N) is 1. The van der Waals surface area contributed by atoms with Crippen LogP contribution >= 0.6 is 22.9 Å². The summed E-state index contributed by atoms with van der Waals surface area (Å²) < 4.78 is 10.2. The zero-order chi connectivity index (χ0) is 21.5. The SMILES string of the molecule is CCOC(=O)c1c(-c2ccccc2)csc1NC(=O)COC(=O)c1cccc(Cl)c1. The summed E-state index contributed by atoms with van der Waals surface area (Å²) in [7, 11) is 0. The number of halogens is 1. The highest BCUT2D eigenvalue weighted by Gasteiger charge is 2.23. The van der Waals surface area contributed by atoms with Crippen LogP contribution in [0.5, 0.6) is 0 Å². The molecule has 1 heterocycles. The Morgan fingerprint density at radius 3 is 2.47 bits per heavy atom. The van der Waals surface area contributed by atoms with Crippen molar-refractivity contribution in [2.75, 3.05) is 18.5 Å². The molecule has 0 fully saturated rings. The van der Waals surface area contributed by atoms with Gasteiger partial charge in [-0.05, 0) is 30.7 Å². The largest absolute Gasteiger partial charge is 0.462 e. The van der Waals surface area contributed by atoms with E-state index >= 15 is 0 Å². The maximum absolute atomic E-state index is 12.5. The number of ether oxygens (including phenoxy) is 2. The third-order valence-electron chi connectivity index (χ3n) is 4.00. The maximum Gasteiger partial charge on any atom is 0.341 e. The van der Waals surface area contributed by atoms with Gasteiger partial charge in [-0.2, -0.15) is 0 Å². The van der Waals surface area contributed by atoms with Crippen molar-refractivity contribution >= 4 is 45.8 Å². The summed E-state index contributed by atoms with van der Waals surface area (Å²) in [6.07, 6.45) is 0. The number of hydrogen-bond acceptors (Lipinski definition) is 6. The van der Waals surface area contributed by atoms with Crippen molar-refractivity contribution in [3.8, 4) is 11.1 Å². The highest BCUT2D eigenvalue weighted by Crippen LogP contribution is 2.36. The van der Waals surface area contributed by atoms with E-state index in [-0.39, 0.29) is 17.7 Å². The fourth-order valence-electron chi connectivity index (χ4n) is 2.68. The zero-order valence-electron chi connectivity index (χ0n) is 16.0. The highest BCUT2D eigenvalue weighted by atomic mass is 35.5. The number of benzene rings is 2. The Hall–Kier alpha value is -3.16. The van der Waals surface area contributed by atoms with E-state index in [1.54, 1.807) is 24.4 Å². The van der Waals surface area contributed by atoms with E-state index in [0.717, 1.165) is 5.56 Å². The molecule has 3 rings (SSSR count). The van der Waals surface area contributed by atoms with E-state index in [0.29, 0.717) is 15.6 Å². The van der Waals surface area contributed by atoms with Gasteiger partial charge in [-0.3, -0.25) is 4.79 Å². The summed E-state index contributed by atoms with van der Waals surface area (Å²) in [5.41, 5.74) is 1.99. The number of carbonyl (C=O) groups excluding carboxylic acids is 3. The molecule has 1 aromatic heterocycles. The Morgan fingerprint density at radius 1 is 1.00 bits per heavy atom. The molecule has 0 radical (unpaired) electrons. The standard InChI is InChI=1S/C22H18ClNO5S/c1-2-28-22(27)19-17(14-7-4-3-5-8-14)13-30-20(19)24-18(25)12-29-21(26)15-9-6-10-16(23)11-15/h3-11,13H,2,12H2,1H3,(H,24,25). The van der Waals surface area contributed by atoms with Gasteiger partial charge >= 0.3 is 11.9 Å². The second-order valence-electron chi connectivity index (χ2n) is 6.07. The fraction of sp³-hybridized carbons (Fsp3) is 0.136. The molecule has 8 heteroatoms. The lowest BCUT2D eigenvalue weighted by atomic mass is 10.0. The minimum absolute atomic E-state index is 0.202. The quantitative estimate of drug-likeness (QED) is 0.517. The van der Waals surface area contributed by atoms with E-state index < -0.39 is 24.5 Å². The van der Waals surface area contributed by atoms with E-state index in [1.807, 2.05) is 30.3 Å². The molecule has 30 heavy (non-hydrogen) atoms. The summed E-state index contributed by atoms with van der Waals surface area (Å²) in [5, 5.41) is 5.13. The van der Waals surface area contributed by atoms with Crippen LogP contribution in [0.15, 0.2) is 60.0 Å². The van der Waals surface area contributed by atoms with Crippen LogP contribution in [-0.2, 0) is 14.3 Å². The Kier molecular flexibility index (Phi) is 7.21. The number of anilines is 1. The molecular formula is C22H18ClNO5S. The van der Waals surface area contributed by atoms with Gasteiger partial charge < -0.3 is 14.8 Å². The van der Waals surface area contributed by atoms with Crippen LogP contribution in [-0.4, -0.2) is 31.1 Å². The molecule has 1 N–H and O–H groups in total. The Morgan fingerprint density at radius 2 is 1.77 bits per heavy atom. The molecule has 0 spiro atoms.